The Bertz CT molecular complexity index is 835. The van der Waals surface area contributed by atoms with E-state index in [1.54, 1.807) is 7.11 Å². The highest BCUT2D eigenvalue weighted by molar-refractivity contribution is 6.33. The Morgan fingerprint density at radius 2 is 2.16 bits per heavy atom. The zero-order valence-electron chi connectivity index (χ0n) is 14.5. The third-order valence-corrected chi connectivity index (χ3v) is 6.40. The number of piperidine rings is 1. The maximum absolute atomic E-state index is 6.57. The molecule has 2 aromatic carbocycles. The molecule has 5 rings (SSSR count). The molecule has 0 radical (unpaired) electrons. The Hall–Kier alpha value is -1.71. The lowest BCUT2D eigenvalue weighted by atomic mass is 9.87. The number of halogens is 1. The summed E-state index contributed by atoms with van der Waals surface area (Å²) in [4.78, 5) is 2.69. The number of hydrogen-bond acceptors (Lipinski definition) is 3. The van der Waals surface area contributed by atoms with E-state index >= 15 is 0 Å². The number of rotatable bonds is 2. The largest absolute Gasteiger partial charge is 0.497 e. The summed E-state index contributed by atoms with van der Waals surface area (Å²) in [6.07, 6.45) is 3.67. The van der Waals surface area contributed by atoms with Gasteiger partial charge in [0.05, 0.1) is 12.1 Å². The van der Waals surface area contributed by atoms with Crippen molar-refractivity contribution in [2.75, 3.05) is 31.6 Å². The molecule has 1 N–H and O–H groups in total. The molecule has 0 bridgehead atoms. The van der Waals surface area contributed by atoms with Gasteiger partial charge in [-0.05, 0) is 72.8 Å². The summed E-state index contributed by atoms with van der Waals surface area (Å²) in [6, 6.07) is 11.4. The van der Waals surface area contributed by atoms with Crippen LogP contribution in [0.5, 0.6) is 5.75 Å². The van der Waals surface area contributed by atoms with Gasteiger partial charge in [0, 0.05) is 36.3 Å². The first-order chi connectivity index (χ1) is 12.3. The monoisotopic (exact) mass is 354 g/mol. The number of fused-ring (bicyclic) bond motifs is 3. The van der Waals surface area contributed by atoms with Crippen molar-refractivity contribution in [3.63, 3.8) is 0 Å². The summed E-state index contributed by atoms with van der Waals surface area (Å²) in [7, 11) is 1.68. The van der Waals surface area contributed by atoms with E-state index in [0.717, 1.165) is 29.4 Å². The number of hydrogen-bond donors (Lipinski definition) is 1. The SMILES string of the molecule is COc1ccc(-c2cc3c4c(c2)[C@@H]2CNCC[C@@H]2N4CCC3)c(Cl)c1. The molecule has 3 aliphatic rings. The lowest BCUT2D eigenvalue weighted by molar-refractivity contribution is 0.400. The molecule has 25 heavy (non-hydrogen) atoms. The number of methoxy groups -OCH3 is 1. The van der Waals surface area contributed by atoms with E-state index in [2.05, 4.69) is 28.4 Å². The van der Waals surface area contributed by atoms with E-state index in [4.69, 9.17) is 16.3 Å². The minimum Gasteiger partial charge on any atom is -0.497 e. The lowest BCUT2D eigenvalue weighted by Crippen LogP contribution is -2.45. The maximum atomic E-state index is 6.57. The summed E-state index contributed by atoms with van der Waals surface area (Å²) in [5.41, 5.74) is 6.90. The number of aryl methyl sites for hydroxylation is 1. The van der Waals surface area contributed by atoms with Crippen LogP contribution in [0.4, 0.5) is 5.69 Å². The fourth-order valence-corrected chi connectivity index (χ4v) is 5.25. The van der Waals surface area contributed by atoms with Crippen molar-refractivity contribution in [1.82, 2.24) is 5.32 Å². The van der Waals surface area contributed by atoms with Crippen LogP contribution < -0.4 is 15.0 Å². The second kappa shape index (κ2) is 5.93. The molecular formula is C21H23ClN2O. The normalized spacial score (nSPS) is 24.0. The third-order valence-electron chi connectivity index (χ3n) is 6.08. The minimum absolute atomic E-state index is 0.609. The molecule has 0 aromatic heterocycles. The van der Waals surface area contributed by atoms with Crippen LogP contribution in [-0.4, -0.2) is 32.8 Å². The molecule has 0 unspecified atom stereocenters. The summed E-state index contributed by atoms with van der Waals surface area (Å²) in [5.74, 6) is 1.41. The van der Waals surface area contributed by atoms with Gasteiger partial charge in [-0.2, -0.15) is 0 Å². The summed E-state index contributed by atoms with van der Waals surface area (Å²) < 4.78 is 5.30. The van der Waals surface area contributed by atoms with Crippen LogP contribution in [0.1, 0.15) is 29.9 Å². The Kier molecular flexibility index (Phi) is 3.68. The summed E-state index contributed by atoms with van der Waals surface area (Å²) >= 11 is 6.57. The average molecular weight is 355 g/mol. The minimum atomic E-state index is 0.609. The van der Waals surface area contributed by atoms with Crippen molar-refractivity contribution in [2.24, 2.45) is 0 Å². The Morgan fingerprint density at radius 3 is 3.00 bits per heavy atom. The van der Waals surface area contributed by atoms with Crippen molar-refractivity contribution < 1.29 is 4.74 Å². The first-order valence-electron chi connectivity index (χ1n) is 9.24. The quantitative estimate of drug-likeness (QED) is 0.873. The first-order valence-corrected chi connectivity index (χ1v) is 9.62. The number of nitrogens with zero attached hydrogens (tertiary/aromatic N) is 1. The van der Waals surface area contributed by atoms with Gasteiger partial charge in [0.15, 0.2) is 0 Å². The van der Waals surface area contributed by atoms with Gasteiger partial charge >= 0.3 is 0 Å². The molecule has 0 aliphatic carbocycles. The van der Waals surface area contributed by atoms with Crippen molar-refractivity contribution in [3.8, 4) is 16.9 Å². The van der Waals surface area contributed by atoms with Crippen LogP contribution in [0.3, 0.4) is 0 Å². The predicted octanol–water partition coefficient (Wildman–Crippen LogP) is 4.23. The van der Waals surface area contributed by atoms with E-state index in [1.165, 1.54) is 48.2 Å². The molecular weight excluding hydrogens is 332 g/mol. The van der Waals surface area contributed by atoms with E-state index < -0.39 is 0 Å². The van der Waals surface area contributed by atoms with Gasteiger partial charge in [-0.1, -0.05) is 11.6 Å². The van der Waals surface area contributed by atoms with Gasteiger partial charge in [-0.25, -0.2) is 0 Å². The van der Waals surface area contributed by atoms with Crippen molar-refractivity contribution in [2.45, 2.75) is 31.2 Å². The smallest absolute Gasteiger partial charge is 0.120 e. The summed E-state index contributed by atoms with van der Waals surface area (Å²) in [5, 5.41) is 4.36. The van der Waals surface area contributed by atoms with Crippen LogP contribution in [0.15, 0.2) is 30.3 Å². The van der Waals surface area contributed by atoms with Crippen LogP contribution in [0.2, 0.25) is 5.02 Å². The molecule has 1 saturated heterocycles. The number of nitrogens with one attached hydrogen (secondary N) is 1. The van der Waals surface area contributed by atoms with Crippen molar-refractivity contribution in [3.05, 3.63) is 46.5 Å². The van der Waals surface area contributed by atoms with Gasteiger partial charge in [0.1, 0.15) is 5.75 Å². The van der Waals surface area contributed by atoms with Crippen LogP contribution in [-0.2, 0) is 6.42 Å². The fraction of sp³-hybridized carbons (Fsp3) is 0.429. The first kappa shape index (κ1) is 15.5. The number of anilines is 1. The van der Waals surface area contributed by atoms with E-state index in [0.29, 0.717) is 12.0 Å². The van der Waals surface area contributed by atoms with Gasteiger partial charge < -0.3 is 15.0 Å². The lowest BCUT2D eigenvalue weighted by Gasteiger charge is -2.36. The van der Waals surface area contributed by atoms with Crippen molar-refractivity contribution in [1.29, 1.82) is 0 Å². The fourth-order valence-electron chi connectivity index (χ4n) is 4.97. The molecule has 3 nitrogen and oxygen atoms in total. The van der Waals surface area contributed by atoms with Gasteiger partial charge in [-0.3, -0.25) is 0 Å². The molecule has 4 heteroatoms. The topological polar surface area (TPSA) is 24.5 Å². The van der Waals surface area contributed by atoms with Crippen LogP contribution >= 0.6 is 11.6 Å². The average Bonchev–Trinajstić information content (AvgIpc) is 2.97. The Morgan fingerprint density at radius 1 is 1.24 bits per heavy atom. The highest BCUT2D eigenvalue weighted by Gasteiger charge is 2.42. The van der Waals surface area contributed by atoms with E-state index in [1.807, 2.05) is 12.1 Å². The molecule has 0 amide bonds. The molecule has 3 aliphatic heterocycles. The van der Waals surface area contributed by atoms with Crippen molar-refractivity contribution >= 4 is 17.3 Å². The van der Waals surface area contributed by atoms with Gasteiger partial charge in [0.2, 0.25) is 0 Å². The highest BCUT2D eigenvalue weighted by Crippen LogP contribution is 2.49. The van der Waals surface area contributed by atoms with E-state index in [-0.39, 0.29) is 0 Å². The number of benzene rings is 2. The molecule has 2 aromatic rings. The Labute approximate surface area is 153 Å². The number of ether oxygens (including phenoxy) is 1. The summed E-state index contributed by atoms with van der Waals surface area (Å²) in [6.45, 7) is 3.44. The molecule has 0 spiro atoms. The Balaban J connectivity index is 1.65. The van der Waals surface area contributed by atoms with E-state index in [9.17, 15) is 0 Å². The molecule has 1 fully saturated rings. The molecule has 3 heterocycles. The molecule has 2 atom stereocenters. The zero-order chi connectivity index (χ0) is 17.0. The molecule has 130 valence electrons. The second-order valence-corrected chi connectivity index (χ2v) is 7.79. The maximum Gasteiger partial charge on any atom is 0.120 e. The standard InChI is InChI=1S/C21H23ClN2O/c1-25-15-4-5-16(19(22)11-15)14-9-13-3-2-8-24-20-6-7-23-12-18(20)17(10-14)21(13)24/h4-5,9-11,18,20,23H,2-3,6-8,12H2,1H3/t18-,20-/m0/s1. The predicted molar refractivity (Wildman–Crippen MR) is 103 cm³/mol. The zero-order valence-corrected chi connectivity index (χ0v) is 15.3. The highest BCUT2D eigenvalue weighted by atomic mass is 35.5. The van der Waals surface area contributed by atoms with Gasteiger partial charge in [-0.15, -0.1) is 0 Å². The second-order valence-electron chi connectivity index (χ2n) is 7.38. The van der Waals surface area contributed by atoms with Gasteiger partial charge in [0.25, 0.3) is 0 Å². The molecule has 0 saturated carbocycles. The van der Waals surface area contributed by atoms with Crippen LogP contribution in [0, 0.1) is 0 Å². The third kappa shape index (κ3) is 2.37. The van der Waals surface area contributed by atoms with Crippen LogP contribution in [0.25, 0.3) is 11.1 Å².